The van der Waals surface area contributed by atoms with Crippen LogP contribution in [0.4, 0.5) is 0 Å². The molecule has 0 heterocycles. The summed E-state index contributed by atoms with van der Waals surface area (Å²) in [7, 11) is 0. The number of carbonyl (C=O) groups excluding carboxylic acids is 2. The number of nitrogens with one attached hydrogen (secondary N) is 2. The maximum atomic E-state index is 12.3. The van der Waals surface area contributed by atoms with E-state index in [0.717, 1.165) is 16.5 Å². The van der Waals surface area contributed by atoms with Gasteiger partial charge in [-0.1, -0.05) is 52.3 Å². The molecule has 0 spiro atoms. The van der Waals surface area contributed by atoms with E-state index >= 15 is 0 Å². The Morgan fingerprint density at radius 1 is 0.903 bits per heavy atom. The van der Waals surface area contributed by atoms with Gasteiger partial charge in [0.1, 0.15) is 11.5 Å². The van der Waals surface area contributed by atoms with Gasteiger partial charge in [0.2, 0.25) is 0 Å². The Morgan fingerprint density at radius 2 is 1.71 bits per heavy atom. The predicted octanol–water partition coefficient (Wildman–Crippen LogP) is 4.22. The highest BCUT2D eigenvalue weighted by Gasteiger charge is 2.10. The summed E-state index contributed by atoms with van der Waals surface area (Å²) in [5, 5.41) is 0. The fourth-order valence-corrected chi connectivity index (χ4v) is 3.29. The molecule has 31 heavy (non-hydrogen) atoms. The Labute approximate surface area is 189 Å². The fraction of sp³-hybridized carbons (Fsp3) is 0.167. The van der Waals surface area contributed by atoms with Crippen molar-refractivity contribution in [2.45, 2.75) is 13.3 Å². The molecule has 7 heteroatoms. The number of rotatable bonds is 8. The zero-order valence-corrected chi connectivity index (χ0v) is 18.6. The third kappa shape index (κ3) is 7.15. The van der Waals surface area contributed by atoms with Crippen LogP contribution in [-0.4, -0.2) is 25.0 Å². The van der Waals surface area contributed by atoms with Gasteiger partial charge in [-0.15, -0.1) is 0 Å². The quantitative estimate of drug-likeness (QED) is 0.471. The molecule has 0 aliphatic heterocycles. The van der Waals surface area contributed by atoms with Crippen molar-refractivity contribution in [3.05, 3.63) is 94.0 Å². The van der Waals surface area contributed by atoms with Gasteiger partial charge in [0.15, 0.2) is 6.61 Å². The third-order valence-corrected chi connectivity index (χ3v) is 4.90. The van der Waals surface area contributed by atoms with Crippen LogP contribution >= 0.6 is 15.9 Å². The van der Waals surface area contributed by atoms with Gasteiger partial charge in [0.25, 0.3) is 11.8 Å². The van der Waals surface area contributed by atoms with Crippen molar-refractivity contribution in [3.63, 3.8) is 0 Å². The number of hydrogen-bond donors (Lipinski definition) is 2. The smallest absolute Gasteiger partial charge is 0.276 e. The lowest BCUT2D eigenvalue weighted by atomic mass is 10.2. The topological polar surface area (TPSA) is 76.7 Å². The Kier molecular flexibility index (Phi) is 8.06. The monoisotopic (exact) mass is 482 g/mol. The molecule has 0 aliphatic carbocycles. The van der Waals surface area contributed by atoms with Crippen LogP contribution < -0.4 is 20.3 Å². The lowest BCUT2D eigenvalue weighted by Gasteiger charge is -2.11. The highest BCUT2D eigenvalue weighted by Crippen LogP contribution is 2.22. The maximum Gasteiger partial charge on any atom is 0.276 e. The summed E-state index contributed by atoms with van der Waals surface area (Å²) >= 11 is 3.38. The highest BCUT2D eigenvalue weighted by atomic mass is 79.9. The van der Waals surface area contributed by atoms with Crippen LogP contribution in [0.2, 0.25) is 0 Å². The van der Waals surface area contributed by atoms with Gasteiger partial charge in [-0.3, -0.25) is 20.4 Å². The lowest BCUT2D eigenvalue weighted by Crippen LogP contribution is -2.43. The lowest BCUT2D eigenvalue weighted by molar-refractivity contribution is -0.123. The molecule has 2 N–H and O–H groups in total. The van der Waals surface area contributed by atoms with E-state index in [2.05, 4.69) is 26.8 Å². The van der Waals surface area contributed by atoms with E-state index in [-0.39, 0.29) is 6.61 Å². The van der Waals surface area contributed by atoms with Gasteiger partial charge < -0.3 is 9.47 Å². The maximum absolute atomic E-state index is 12.3. The zero-order chi connectivity index (χ0) is 22.1. The summed E-state index contributed by atoms with van der Waals surface area (Å²) in [6, 6.07) is 22.3. The van der Waals surface area contributed by atoms with Gasteiger partial charge >= 0.3 is 0 Å². The Morgan fingerprint density at radius 3 is 2.48 bits per heavy atom. The zero-order valence-electron chi connectivity index (χ0n) is 17.1. The highest BCUT2D eigenvalue weighted by molar-refractivity contribution is 9.10. The van der Waals surface area contributed by atoms with E-state index in [9.17, 15) is 9.59 Å². The summed E-state index contributed by atoms with van der Waals surface area (Å²) in [4.78, 5) is 24.3. The van der Waals surface area contributed by atoms with Crippen LogP contribution in [0.15, 0.2) is 77.3 Å². The molecule has 3 aromatic carbocycles. The van der Waals surface area contributed by atoms with Gasteiger partial charge in [0.05, 0.1) is 6.61 Å². The van der Waals surface area contributed by atoms with E-state index < -0.39 is 11.8 Å². The summed E-state index contributed by atoms with van der Waals surface area (Å²) in [6.45, 7) is 2.17. The second-order valence-corrected chi connectivity index (χ2v) is 7.73. The van der Waals surface area contributed by atoms with Gasteiger partial charge in [0, 0.05) is 16.5 Å². The molecule has 2 amide bonds. The minimum atomic E-state index is -0.467. The average Bonchev–Trinajstić information content (AvgIpc) is 2.78. The number of hydrazine groups is 1. The van der Waals surface area contributed by atoms with Crippen LogP contribution in [0.25, 0.3) is 0 Å². The first-order chi connectivity index (χ1) is 15.0. The average molecular weight is 483 g/mol. The Balaban J connectivity index is 1.44. The van der Waals surface area contributed by atoms with Crippen molar-refractivity contribution in [1.82, 2.24) is 10.9 Å². The molecule has 0 unspecified atom stereocenters. The van der Waals surface area contributed by atoms with Crippen molar-refractivity contribution >= 4 is 27.7 Å². The van der Waals surface area contributed by atoms with Crippen LogP contribution in [0.5, 0.6) is 11.5 Å². The second kappa shape index (κ2) is 11.2. The summed E-state index contributed by atoms with van der Waals surface area (Å²) in [5.41, 5.74) is 7.19. The number of hydrogen-bond acceptors (Lipinski definition) is 4. The molecule has 0 atom stereocenters. The van der Waals surface area contributed by atoms with Crippen LogP contribution in [0.3, 0.4) is 0 Å². The number of aryl methyl sites for hydroxylation is 1. The van der Waals surface area contributed by atoms with Crippen LogP contribution in [-0.2, 0) is 11.2 Å². The SMILES string of the molecule is Cc1cc(Br)ccc1OCC(=O)NNC(=O)c1cccc(OCCc2ccccc2)c1. The molecule has 0 fully saturated rings. The number of amides is 2. The predicted molar refractivity (Wildman–Crippen MR) is 122 cm³/mol. The standard InChI is InChI=1S/C24H23BrN2O4/c1-17-14-20(25)10-11-22(17)31-16-23(28)26-27-24(29)19-8-5-9-21(15-19)30-13-12-18-6-3-2-4-7-18/h2-11,14-15H,12-13,16H2,1H3,(H,26,28)(H,27,29). The molecule has 6 nitrogen and oxygen atoms in total. The van der Waals surface area contributed by atoms with Crippen molar-refractivity contribution in [1.29, 1.82) is 0 Å². The molecule has 0 radical (unpaired) electrons. The summed E-state index contributed by atoms with van der Waals surface area (Å²) in [5.74, 6) is 0.279. The normalized spacial score (nSPS) is 10.3. The van der Waals surface area contributed by atoms with Crippen molar-refractivity contribution in [3.8, 4) is 11.5 Å². The summed E-state index contributed by atoms with van der Waals surface area (Å²) < 4.78 is 12.2. The van der Waals surface area contributed by atoms with Gasteiger partial charge in [-0.05, 0) is 54.4 Å². The van der Waals surface area contributed by atoms with Crippen LogP contribution in [0.1, 0.15) is 21.5 Å². The molecule has 0 bridgehead atoms. The minimum absolute atomic E-state index is 0.217. The second-order valence-electron chi connectivity index (χ2n) is 6.81. The van der Waals surface area contributed by atoms with E-state index in [1.165, 1.54) is 5.56 Å². The summed E-state index contributed by atoms with van der Waals surface area (Å²) in [6.07, 6.45) is 0.769. The van der Waals surface area contributed by atoms with Crippen LogP contribution in [0, 0.1) is 6.92 Å². The largest absolute Gasteiger partial charge is 0.493 e. The van der Waals surface area contributed by atoms with Gasteiger partial charge in [-0.25, -0.2) is 0 Å². The molecular weight excluding hydrogens is 460 g/mol. The first kappa shape index (κ1) is 22.4. The van der Waals surface area contributed by atoms with E-state index in [1.54, 1.807) is 30.3 Å². The molecule has 160 valence electrons. The van der Waals surface area contributed by atoms with Crippen molar-refractivity contribution < 1.29 is 19.1 Å². The Hall–Kier alpha value is -3.32. The van der Waals surface area contributed by atoms with E-state index in [1.807, 2.05) is 49.4 Å². The number of ether oxygens (including phenoxy) is 2. The number of benzene rings is 3. The molecule has 0 saturated carbocycles. The molecule has 3 aromatic rings. The molecule has 0 aliphatic rings. The van der Waals surface area contributed by atoms with E-state index in [0.29, 0.717) is 23.7 Å². The van der Waals surface area contributed by atoms with Gasteiger partial charge in [-0.2, -0.15) is 0 Å². The first-order valence-electron chi connectivity index (χ1n) is 9.76. The van der Waals surface area contributed by atoms with Crippen molar-refractivity contribution in [2.24, 2.45) is 0 Å². The molecule has 0 aromatic heterocycles. The molecular formula is C24H23BrN2O4. The minimum Gasteiger partial charge on any atom is -0.493 e. The fourth-order valence-electron chi connectivity index (χ4n) is 2.81. The van der Waals surface area contributed by atoms with E-state index in [4.69, 9.17) is 9.47 Å². The first-order valence-corrected chi connectivity index (χ1v) is 10.6. The molecule has 3 rings (SSSR count). The number of halogens is 1. The number of carbonyl (C=O) groups is 2. The van der Waals surface area contributed by atoms with Crippen molar-refractivity contribution in [2.75, 3.05) is 13.2 Å². The Bertz CT molecular complexity index is 1040. The molecule has 0 saturated heterocycles. The third-order valence-electron chi connectivity index (χ3n) is 4.41.